The van der Waals surface area contributed by atoms with E-state index in [-0.39, 0.29) is 10.8 Å². The third kappa shape index (κ3) is 3.87. The highest BCUT2D eigenvalue weighted by atomic mass is 32.2. The number of aryl methyl sites for hydroxylation is 1. The van der Waals surface area contributed by atoms with Crippen molar-refractivity contribution >= 4 is 33.1 Å². The van der Waals surface area contributed by atoms with Gasteiger partial charge in [0.1, 0.15) is 0 Å². The molecule has 9 heteroatoms. The van der Waals surface area contributed by atoms with Gasteiger partial charge in [-0.2, -0.15) is 0 Å². The molecule has 2 N–H and O–H groups in total. The molecule has 0 aliphatic rings. The average Bonchev–Trinajstić information content (AvgIpc) is 3.05. The molecular weight excluding hydrogens is 402 g/mol. The van der Waals surface area contributed by atoms with Crippen LogP contribution in [0.15, 0.2) is 71.9 Å². The van der Waals surface area contributed by atoms with Crippen LogP contribution in [0.1, 0.15) is 12.6 Å². The van der Waals surface area contributed by atoms with E-state index >= 15 is 0 Å². The van der Waals surface area contributed by atoms with Crippen LogP contribution in [0.4, 0.5) is 11.4 Å². The number of rotatable bonds is 5. The second-order valence-corrected chi connectivity index (χ2v) is 8.41. The lowest BCUT2D eigenvalue weighted by atomic mass is 10.1. The van der Waals surface area contributed by atoms with Crippen LogP contribution in [0.3, 0.4) is 0 Å². The summed E-state index contributed by atoms with van der Waals surface area (Å²) in [6.07, 6.45) is 3.55. The molecular formula is C21H19N5O3S. The lowest BCUT2D eigenvalue weighted by Gasteiger charge is -2.10. The molecule has 4 aromatic rings. The molecule has 0 unspecified atom stereocenters. The molecule has 0 fully saturated rings. The third-order valence-corrected chi connectivity index (χ3v) is 5.91. The van der Waals surface area contributed by atoms with Crippen LogP contribution in [0.2, 0.25) is 0 Å². The van der Waals surface area contributed by atoms with Gasteiger partial charge in [-0.3, -0.25) is 13.9 Å². The van der Waals surface area contributed by atoms with Gasteiger partial charge in [-0.1, -0.05) is 12.1 Å². The van der Waals surface area contributed by atoms with Gasteiger partial charge in [0.25, 0.3) is 10.0 Å². The predicted molar refractivity (Wildman–Crippen MR) is 115 cm³/mol. The van der Waals surface area contributed by atoms with Gasteiger partial charge in [0.15, 0.2) is 0 Å². The number of carbonyl (C=O) groups is 1. The van der Waals surface area contributed by atoms with E-state index in [0.29, 0.717) is 17.2 Å². The first-order valence-corrected chi connectivity index (χ1v) is 10.6. The summed E-state index contributed by atoms with van der Waals surface area (Å²) in [4.78, 5) is 20.0. The maximum absolute atomic E-state index is 12.8. The fraction of sp³-hybridized carbons (Fsp3) is 0.0952. The first-order chi connectivity index (χ1) is 14.3. The number of imidazole rings is 1. The van der Waals surface area contributed by atoms with Crippen molar-refractivity contribution in [3.8, 4) is 11.3 Å². The van der Waals surface area contributed by atoms with Crippen molar-refractivity contribution in [3.63, 3.8) is 0 Å². The number of carbonyl (C=O) groups excluding carboxylic acids is 1. The summed E-state index contributed by atoms with van der Waals surface area (Å²) in [5, 5.41) is 2.61. The van der Waals surface area contributed by atoms with Gasteiger partial charge in [0.05, 0.1) is 10.6 Å². The quantitative estimate of drug-likeness (QED) is 0.513. The monoisotopic (exact) mass is 421 g/mol. The smallest absolute Gasteiger partial charge is 0.261 e. The summed E-state index contributed by atoms with van der Waals surface area (Å²) in [6.45, 7) is 3.32. The van der Waals surface area contributed by atoms with E-state index in [1.54, 1.807) is 36.5 Å². The molecule has 8 nitrogen and oxygen atoms in total. The second kappa shape index (κ2) is 7.60. The molecule has 0 bridgehead atoms. The standard InChI is InChI=1S/C21H19N5O3S/c1-14-20(24-21-22-11-4-12-26(14)21)16-5-3-6-18(13-16)25-30(28,29)19-9-7-17(8-10-19)23-15(2)27/h3-13,25H,1-2H3,(H,23,27). The van der Waals surface area contributed by atoms with Gasteiger partial charge in [0.2, 0.25) is 11.7 Å². The maximum Gasteiger partial charge on any atom is 0.261 e. The van der Waals surface area contributed by atoms with Gasteiger partial charge < -0.3 is 5.32 Å². The van der Waals surface area contributed by atoms with Gasteiger partial charge in [-0.15, -0.1) is 0 Å². The molecule has 0 radical (unpaired) electrons. The SMILES string of the molecule is CC(=O)Nc1ccc(S(=O)(=O)Nc2cccc(-c3nc4ncccn4c3C)c2)cc1. The normalized spacial score (nSPS) is 11.4. The zero-order chi connectivity index (χ0) is 21.3. The van der Waals surface area contributed by atoms with Crippen molar-refractivity contribution in [2.75, 3.05) is 10.0 Å². The molecule has 0 atom stereocenters. The number of hydrogen-bond donors (Lipinski definition) is 2. The Labute approximate surface area is 173 Å². The minimum Gasteiger partial charge on any atom is -0.326 e. The number of benzene rings is 2. The second-order valence-electron chi connectivity index (χ2n) is 6.73. The topological polar surface area (TPSA) is 105 Å². The molecule has 1 amide bonds. The molecule has 0 saturated heterocycles. The van der Waals surface area contributed by atoms with Crippen LogP contribution in [0.5, 0.6) is 0 Å². The number of hydrogen-bond acceptors (Lipinski definition) is 5. The summed E-state index contributed by atoms with van der Waals surface area (Å²) in [5.41, 5.74) is 3.36. The van der Waals surface area contributed by atoms with Gasteiger partial charge in [-0.05, 0) is 49.4 Å². The minimum atomic E-state index is -3.79. The Kier molecular flexibility index (Phi) is 4.96. The van der Waals surface area contributed by atoms with Crippen LogP contribution in [-0.2, 0) is 14.8 Å². The fourth-order valence-electron chi connectivity index (χ4n) is 3.14. The highest BCUT2D eigenvalue weighted by Gasteiger charge is 2.16. The van der Waals surface area contributed by atoms with Crippen LogP contribution in [0.25, 0.3) is 17.0 Å². The number of aromatic nitrogens is 3. The number of nitrogens with zero attached hydrogens (tertiary/aromatic N) is 3. The molecule has 0 saturated carbocycles. The summed E-state index contributed by atoms with van der Waals surface area (Å²) >= 11 is 0. The third-order valence-electron chi connectivity index (χ3n) is 4.52. The number of anilines is 2. The van der Waals surface area contributed by atoms with Crippen molar-refractivity contribution in [1.82, 2.24) is 14.4 Å². The molecule has 0 aliphatic carbocycles. The molecule has 2 aromatic heterocycles. The fourth-order valence-corrected chi connectivity index (χ4v) is 4.19. The van der Waals surface area contributed by atoms with Crippen LogP contribution >= 0.6 is 0 Å². The number of amides is 1. The van der Waals surface area contributed by atoms with E-state index in [2.05, 4.69) is 20.0 Å². The Morgan fingerprint density at radius 3 is 2.50 bits per heavy atom. The van der Waals surface area contributed by atoms with Crippen molar-refractivity contribution in [1.29, 1.82) is 0 Å². The summed E-state index contributed by atoms with van der Waals surface area (Å²) in [5.74, 6) is 0.355. The van der Waals surface area contributed by atoms with Crippen molar-refractivity contribution in [2.45, 2.75) is 18.7 Å². The Morgan fingerprint density at radius 1 is 1.03 bits per heavy atom. The van der Waals surface area contributed by atoms with Crippen molar-refractivity contribution < 1.29 is 13.2 Å². The van der Waals surface area contributed by atoms with Gasteiger partial charge >= 0.3 is 0 Å². The van der Waals surface area contributed by atoms with Crippen LogP contribution in [-0.4, -0.2) is 28.7 Å². The number of fused-ring (bicyclic) bond motifs is 1. The Balaban J connectivity index is 1.62. The summed E-state index contributed by atoms with van der Waals surface area (Å²) in [6, 6.07) is 14.8. The molecule has 0 aliphatic heterocycles. The van der Waals surface area contributed by atoms with Gasteiger partial charge in [0, 0.05) is 41.9 Å². The largest absolute Gasteiger partial charge is 0.326 e. The zero-order valence-corrected chi connectivity index (χ0v) is 17.1. The minimum absolute atomic E-state index is 0.0927. The van der Waals surface area contributed by atoms with E-state index in [9.17, 15) is 13.2 Å². The Bertz CT molecular complexity index is 1340. The van der Waals surface area contributed by atoms with Gasteiger partial charge in [-0.25, -0.2) is 18.4 Å². The molecule has 2 heterocycles. The number of nitrogens with one attached hydrogen (secondary N) is 2. The number of sulfonamides is 1. The van der Waals surface area contributed by atoms with E-state index < -0.39 is 10.0 Å². The van der Waals surface area contributed by atoms with E-state index in [1.165, 1.54) is 19.1 Å². The Hall–Kier alpha value is -3.72. The van der Waals surface area contributed by atoms with Crippen LogP contribution in [0, 0.1) is 6.92 Å². The van der Waals surface area contributed by atoms with E-state index in [0.717, 1.165) is 17.0 Å². The highest BCUT2D eigenvalue weighted by Crippen LogP contribution is 2.27. The molecule has 0 spiro atoms. The summed E-state index contributed by atoms with van der Waals surface area (Å²) < 4.78 is 30.0. The molecule has 152 valence electrons. The maximum atomic E-state index is 12.8. The first-order valence-electron chi connectivity index (χ1n) is 9.14. The zero-order valence-electron chi connectivity index (χ0n) is 16.3. The van der Waals surface area contributed by atoms with Crippen LogP contribution < -0.4 is 10.0 Å². The highest BCUT2D eigenvalue weighted by molar-refractivity contribution is 7.92. The predicted octanol–water partition coefficient (Wildman–Crippen LogP) is 3.46. The molecule has 30 heavy (non-hydrogen) atoms. The van der Waals surface area contributed by atoms with E-state index in [1.807, 2.05) is 29.7 Å². The molecule has 4 rings (SSSR count). The lowest BCUT2D eigenvalue weighted by Crippen LogP contribution is -2.13. The first kappa shape index (κ1) is 19.6. The molecule has 2 aromatic carbocycles. The van der Waals surface area contributed by atoms with Crippen molar-refractivity contribution in [3.05, 3.63) is 72.7 Å². The van der Waals surface area contributed by atoms with E-state index in [4.69, 9.17) is 0 Å². The summed E-state index contributed by atoms with van der Waals surface area (Å²) in [7, 11) is -3.79. The average molecular weight is 421 g/mol. The lowest BCUT2D eigenvalue weighted by molar-refractivity contribution is -0.114. The Morgan fingerprint density at radius 2 is 1.80 bits per heavy atom. The van der Waals surface area contributed by atoms with Crippen molar-refractivity contribution in [2.24, 2.45) is 0 Å².